The monoisotopic (exact) mass is 287 g/mol. The van der Waals surface area contributed by atoms with Crippen molar-refractivity contribution in [1.29, 1.82) is 0 Å². The largest absolute Gasteiger partial charge is 0.492 e. The van der Waals surface area contributed by atoms with Crippen LogP contribution in [0.25, 0.3) is 0 Å². The Kier molecular flexibility index (Phi) is 6.28. The zero-order valence-corrected chi connectivity index (χ0v) is 13.0. The van der Waals surface area contributed by atoms with Crippen LogP contribution in [0.1, 0.15) is 25.3 Å². The highest BCUT2D eigenvalue weighted by atomic mass is 16.5. The van der Waals surface area contributed by atoms with Crippen molar-refractivity contribution in [1.82, 2.24) is 15.1 Å². The Balaban J connectivity index is 1.82. The molecule has 2 rings (SSSR count). The lowest BCUT2D eigenvalue weighted by Gasteiger charge is -2.19. The van der Waals surface area contributed by atoms with Gasteiger partial charge in [0.2, 0.25) is 0 Å². The maximum Gasteiger partial charge on any atom is 0.119 e. The summed E-state index contributed by atoms with van der Waals surface area (Å²) in [7, 11) is 1.95. The van der Waals surface area contributed by atoms with Crippen LogP contribution in [0.4, 0.5) is 0 Å². The lowest BCUT2D eigenvalue weighted by molar-refractivity contribution is 0.257. The van der Waals surface area contributed by atoms with Gasteiger partial charge >= 0.3 is 0 Å². The second kappa shape index (κ2) is 8.47. The molecule has 1 atom stereocenters. The van der Waals surface area contributed by atoms with Crippen LogP contribution in [0.2, 0.25) is 0 Å². The van der Waals surface area contributed by atoms with Crippen molar-refractivity contribution in [3.8, 4) is 5.75 Å². The standard InChI is InChI=1S/C17H25N3O/c1-3-11-18-16(10-9-15-12-19-20(2)13-15)14-21-17-7-5-4-6-8-17/h4-8,12-13,16,18H,3,9-11,14H2,1-2H3. The van der Waals surface area contributed by atoms with Gasteiger partial charge in [0.25, 0.3) is 0 Å². The summed E-state index contributed by atoms with van der Waals surface area (Å²) in [5, 5.41) is 7.78. The van der Waals surface area contributed by atoms with Crippen LogP contribution in [0, 0.1) is 0 Å². The highest BCUT2D eigenvalue weighted by Crippen LogP contribution is 2.10. The zero-order chi connectivity index (χ0) is 14.9. The first-order chi connectivity index (χ1) is 10.3. The fourth-order valence-corrected chi connectivity index (χ4v) is 2.25. The first-order valence-corrected chi connectivity index (χ1v) is 7.66. The van der Waals surface area contributed by atoms with Crippen LogP contribution in [-0.2, 0) is 13.5 Å². The van der Waals surface area contributed by atoms with E-state index in [1.165, 1.54) is 5.56 Å². The van der Waals surface area contributed by atoms with E-state index < -0.39 is 0 Å². The van der Waals surface area contributed by atoms with Crippen molar-refractivity contribution in [2.24, 2.45) is 7.05 Å². The van der Waals surface area contributed by atoms with E-state index in [1.54, 1.807) is 0 Å². The number of para-hydroxylation sites is 1. The van der Waals surface area contributed by atoms with Gasteiger partial charge in [0.05, 0.1) is 6.20 Å². The predicted molar refractivity (Wildman–Crippen MR) is 85.5 cm³/mol. The van der Waals surface area contributed by atoms with E-state index in [1.807, 2.05) is 48.3 Å². The van der Waals surface area contributed by atoms with Crippen molar-refractivity contribution in [3.63, 3.8) is 0 Å². The molecule has 4 heteroatoms. The molecule has 1 N–H and O–H groups in total. The molecule has 0 aliphatic rings. The molecule has 0 amide bonds. The van der Waals surface area contributed by atoms with Crippen LogP contribution in [0.3, 0.4) is 0 Å². The molecule has 0 radical (unpaired) electrons. The van der Waals surface area contributed by atoms with Gasteiger partial charge in [0.15, 0.2) is 0 Å². The molecule has 0 fully saturated rings. The summed E-state index contributed by atoms with van der Waals surface area (Å²) >= 11 is 0. The molecule has 0 aliphatic carbocycles. The molecule has 4 nitrogen and oxygen atoms in total. The van der Waals surface area contributed by atoms with Crippen molar-refractivity contribution < 1.29 is 4.74 Å². The Morgan fingerprint density at radius 1 is 1.29 bits per heavy atom. The van der Waals surface area contributed by atoms with Crippen LogP contribution >= 0.6 is 0 Å². The highest BCUT2D eigenvalue weighted by molar-refractivity contribution is 5.20. The topological polar surface area (TPSA) is 39.1 Å². The van der Waals surface area contributed by atoms with E-state index >= 15 is 0 Å². The quantitative estimate of drug-likeness (QED) is 0.771. The number of hydrogen-bond donors (Lipinski definition) is 1. The average molecular weight is 287 g/mol. The first kappa shape index (κ1) is 15.6. The molecule has 1 unspecified atom stereocenters. The van der Waals surface area contributed by atoms with E-state index in [2.05, 4.69) is 23.5 Å². The van der Waals surface area contributed by atoms with E-state index in [-0.39, 0.29) is 0 Å². The Hall–Kier alpha value is -1.81. The number of benzene rings is 1. The maximum absolute atomic E-state index is 5.88. The zero-order valence-electron chi connectivity index (χ0n) is 13.0. The third-order valence-electron chi connectivity index (χ3n) is 3.42. The number of rotatable bonds is 9. The number of nitrogens with zero attached hydrogens (tertiary/aromatic N) is 2. The molecular weight excluding hydrogens is 262 g/mol. The molecule has 1 aromatic heterocycles. The predicted octanol–water partition coefficient (Wildman–Crippen LogP) is 2.80. The molecule has 1 aromatic carbocycles. The van der Waals surface area contributed by atoms with Crippen LogP contribution < -0.4 is 10.1 Å². The van der Waals surface area contributed by atoms with E-state index in [0.29, 0.717) is 12.6 Å². The minimum Gasteiger partial charge on any atom is -0.492 e. The highest BCUT2D eigenvalue weighted by Gasteiger charge is 2.10. The molecule has 2 aromatic rings. The van der Waals surface area contributed by atoms with Crippen molar-refractivity contribution >= 4 is 0 Å². The minimum absolute atomic E-state index is 0.366. The maximum atomic E-state index is 5.88. The number of hydrogen-bond acceptors (Lipinski definition) is 3. The van der Waals surface area contributed by atoms with Gasteiger partial charge in [-0.15, -0.1) is 0 Å². The Morgan fingerprint density at radius 2 is 2.10 bits per heavy atom. The molecule has 1 heterocycles. The number of aromatic nitrogens is 2. The molecule has 21 heavy (non-hydrogen) atoms. The SMILES string of the molecule is CCCNC(CCc1cnn(C)c1)COc1ccccc1. The van der Waals surface area contributed by atoms with Gasteiger partial charge in [-0.3, -0.25) is 4.68 Å². The van der Waals surface area contributed by atoms with Crippen molar-refractivity contribution in [2.45, 2.75) is 32.2 Å². The van der Waals surface area contributed by atoms with Gasteiger partial charge in [-0.05, 0) is 43.5 Å². The lowest BCUT2D eigenvalue weighted by atomic mass is 10.1. The second-order valence-corrected chi connectivity index (χ2v) is 5.34. The lowest BCUT2D eigenvalue weighted by Crippen LogP contribution is -2.35. The van der Waals surface area contributed by atoms with Gasteiger partial charge in [-0.2, -0.15) is 5.10 Å². The fraction of sp³-hybridized carbons (Fsp3) is 0.471. The van der Waals surface area contributed by atoms with Crippen LogP contribution in [0.5, 0.6) is 5.75 Å². The summed E-state index contributed by atoms with van der Waals surface area (Å²) in [4.78, 5) is 0. The fourth-order valence-electron chi connectivity index (χ4n) is 2.25. The molecular formula is C17H25N3O. The summed E-state index contributed by atoms with van der Waals surface area (Å²) < 4.78 is 7.73. The van der Waals surface area contributed by atoms with Crippen molar-refractivity contribution in [3.05, 3.63) is 48.3 Å². The van der Waals surface area contributed by atoms with E-state index in [0.717, 1.165) is 31.6 Å². The molecule has 0 saturated heterocycles. The summed E-state index contributed by atoms with van der Waals surface area (Å²) in [6.45, 7) is 3.91. The van der Waals surface area contributed by atoms with Gasteiger partial charge < -0.3 is 10.1 Å². The second-order valence-electron chi connectivity index (χ2n) is 5.34. The van der Waals surface area contributed by atoms with Gasteiger partial charge in [-0.1, -0.05) is 25.1 Å². The van der Waals surface area contributed by atoms with Gasteiger partial charge in [0, 0.05) is 19.3 Å². The summed E-state index contributed by atoms with van der Waals surface area (Å²) in [6, 6.07) is 10.4. The number of aryl methyl sites for hydroxylation is 2. The van der Waals surface area contributed by atoms with Crippen LogP contribution in [-0.4, -0.2) is 29.0 Å². The van der Waals surface area contributed by atoms with Crippen LogP contribution in [0.15, 0.2) is 42.7 Å². The summed E-state index contributed by atoms with van der Waals surface area (Å²) in [6.07, 6.45) is 7.23. The van der Waals surface area contributed by atoms with Gasteiger partial charge in [-0.25, -0.2) is 0 Å². The Labute approximate surface area is 127 Å². The minimum atomic E-state index is 0.366. The molecule has 0 bridgehead atoms. The third kappa shape index (κ3) is 5.60. The molecule has 0 saturated carbocycles. The summed E-state index contributed by atoms with van der Waals surface area (Å²) in [5.41, 5.74) is 1.28. The van der Waals surface area contributed by atoms with E-state index in [9.17, 15) is 0 Å². The average Bonchev–Trinajstić information content (AvgIpc) is 2.93. The van der Waals surface area contributed by atoms with Gasteiger partial charge in [0.1, 0.15) is 12.4 Å². The molecule has 0 spiro atoms. The Bertz CT molecular complexity index is 510. The van der Waals surface area contributed by atoms with E-state index in [4.69, 9.17) is 4.74 Å². The third-order valence-corrected chi connectivity index (χ3v) is 3.42. The summed E-state index contributed by atoms with van der Waals surface area (Å²) in [5.74, 6) is 0.933. The molecule has 0 aliphatic heterocycles. The smallest absolute Gasteiger partial charge is 0.119 e. The molecule has 114 valence electrons. The Morgan fingerprint density at radius 3 is 2.76 bits per heavy atom. The number of ether oxygens (including phenoxy) is 1. The normalized spacial score (nSPS) is 12.3. The first-order valence-electron chi connectivity index (χ1n) is 7.66. The number of nitrogens with one attached hydrogen (secondary N) is 1. The van der Waals surface area contributed by atoms with Crippen molar-refractivity contribution in [2.75, 3.05) is 13.2 Å².